The Morgan fingerprint density at radius 2 is 1.78 bits per heavy atom. The van der Waals surface area contributed by atoms with Crippen LogP contribution in [0.5, 0.6) is 0 Å². The average molecular weight is 343 g/mol. The number of carboxylic acids is 1. The lowest BCUT2D eigenvalue weighted by molar-refractivity contribution is -0.135. The number of anilines is 1. The van der Waals surface area contributed by atoms with Gasteiger partial charge in [-0.15, -0.1) is 0 Å². The van der Waals surface area contributed by atoms with E-state index in [0.717, 1.165) is 0 Å². The summed E-state index contributed by atoms with van der Waals surface area (Å²) in [6.45, 7) is 0.785. The molecule has 0 bridgehead atoms. The maximum atomic E-state index is 12.2. The summed E-state index contributed by atoms with van der Waals surface area (Å²) >= 11 is 0. The molecule has 0 unspecified atom stereocenters. The maximum Gasteiger partial charge on any atom is 0.322 e. The van der Waals surface area contributed by atoms with Gasteiger partial charge in [-0.2, -0.15) is 12.7 Å². The van der Waals surface area contributed by atoms with E-state index in [-0.39, 0.29) is 18.7 Å². The van der Waals surface area contributed by atoms with E-state index < -0.39 is 28.6 Å². The highest BCUT2D eigenvalue weighted by atomic mass is 32.2. The van der Waals surface area contributed by atoms with E-state index in [0.29, 0.717) is 18.9 Å². The molecule has 0 saturated carbocycles. The molecule has 1 heterocycles. The van der Waals surface area contributed by atoms with Gasteiger partial charge in [-0.3, -0.25) is 14.3 Å². The first-order valence-corrected chi connectivity index (χ1v) is 8.28. The van der Waals surface area contributed by atoms with Gasteiger partial charge in [0, 0.05) is 24.3 Å². The molecule has 1 saturated heterocycles. The Labute approximate surface area is 133 Å². The lowest BCUT2D eigenvalue weighted by atomic mass is 10.2. The molecule has 23 heavy (non-hydrogen) atoms. The van der Waals surface area contributed by atoms with Crippen molar-refractivity contribution in [3.05, 3.63) is 29.8 Å². The molecule has 0 radical (unpaired) electrons. The molecule has 0 aromatic heterocycles. The van der Waals surface area contributed by atoms with Gasteiger partial charge in [0.15, 0.2) is 0 Å². The SMILES string of the molecule is O=C(O)CNC(=O)c1ccc(NS(=O)(=O)N2CCOCC2)cc1. The molecule has 10 heteroatoms. The highest BCUT2D eigenvalue weighted by Gasteiger charge is 2.24. The lowest BCUT2D eigenvalue weighted by Gasteiger charge is -2.26. The van der Waals surface area contributed by atoms with E-state index in [1.165, 1.54) is 28.6 Å². The van der Waals surface area contributed by atoms with Crippen molar-refractivity contribution in [2.75, 3.05) is 37.6 Å². The summed E-state index contributed by atoms with van der Waals surface area (Å²) in [4.78, 5) is 22.0. The summed E-state index contributed by atoms with van der Waals surface area (Å²) in [6.07, 6.45) is 0. The summed E-state index contributed by atoms with van der Waals surface area (Å²) in [5.74, 6) is -1.69. The second-order valence-electron chi connectivity index (χ2n) is 4.77. The summed E-state index contributed by atoms with van der Waals surface area (Å²) in [5.41, 5.74) is 0.548. The number of ether oxygens (including phenoxy) is 1. The van der Waals surface area contributed by atoms with Crippen LogP contribution in [0.15, 0.2) is 24.3 Å². The number of benzene rings is 1. The standard InChI is InChI=1S/C13H17N3O6S/c17-12(18)9-14-13(19)10-1-3-11(4-2-10)15-23(20,21)16-5-7-22-8-6-16/h1-4,15H,5-9H2,(H,14,19)(H,17,18). The first-order chi connectivity index (χ1) is 10.9. The maximum absolute atomic E-state index is 12.2. The van der Waals surface area contributed by atoms with Gasteiger partial charge in [0.2, 0.25) is 0 Å². The van der Waals surface area contributed by atoms with Gasteiger partial charge in [0.05, 0.1) is 13.2 Å². The largest absolute Gasteiger partial charge is 0.480 e. The van der Waals surface area contributed by atoms with Gasteiger partial charge in [-0.05, 0) is 24.3 Å². The quantitative estimate of drug-likeness (QED) is 0.639. The van der Waals surface area contributed by atoms with E-state index in [1.54, 1.807) is 0 Å². The Balaban J connectivity index is 1.99. The molecule has 1 aliphatic heterocycles. The van der Waals surface area contributed by atoms with E-state index in [1.807, 2.05) is 0 Å². The average Bonchev–Trinajstić information content (AvgIpc) is 2.54. The van der Waals surface area contributed by atoms with E-state index in [4.69, 9.17) is 9.84 Å². The minimum absolute atomic E-state index is 0.237. The molecule has 0 spiro atoms. The van der Waals surface area contributed by atoms with Crippen molar-refractivity contribution in [2.24, 2.45) is 0 Å². The number of amides is 1. The fraction of sp³-hybridized carbons (Fsp3) is 0.385. The van der Waals surface area contributed by atoms with Gasteiger partial charge in [0.25, 0.3) is 5.91 Å². The van der Waals surface area contributed by atoms with Crippen molar-refractivity contribution < 1.29 is 27.9 Å². The molecule has 9 nitrogen and oxygen atoms in total. The highest BCUT2D eigenvalue weighted by Crippen LogP contribution is 2.14. The van der Waals surface area contributed by atoms with Gasteiger partial charge < -0.3 is 15.2 Å². The Morgan fingerprint density at radius 3 is 2.35 bits per heavy atom. The van der Waals surface area contributed by atoms with Crippen LogP contribution in [0, 0.1) is 0 Å². The summed E-state index contributed by atoms with van der Waals surface area (Å²) < 4.78 is 33.1. The molecule has 0 atom stereocenters. The van der Waals surface area contributed by atoms with Crippen LogP contribution < -0.4 is 10.0 Å². The molecule has 0 aliphatic carbocycles. The minimum Gasteiger partial charge on any atom is -0.480 e. The summed E-state index contributed by atoms with van der Waals surface area (Å²) in [5, 5.41) is 10.7. The predicted octanol–water partition coefficient (Wildman–Crippen LogP) is -0.510. The van der Waals surface area contributed by atoms with Crippen LogP contribution in [0.25, 0.3) is 0 Å². The third kappa shape index (κ3) is 4.91. The molecule has 3 N–H and O–H groups in total. The van der Waals surface area contributed by atoms with Crippen LogP contribution in [0.4, 0.5) is 5.69 Å². The Morgan fingerprint density at radius 1 is 1.17 bits per heavy atom. The van der Waals surface area contributed by atoms with E-state index in [2.05, 4.69) is 10.0 Å². The predicted molar refractivity (Wildman–Crippen MR) is 81.3 cm³/mol. The summed E-state index contributed by atoms with van der Waals surface area (Å²) in [6, 6.07) is 5.70. The van der Waals surface area contributed by atoms with Crippen molar-refractivity contribution in [3.63, 3.8) is 0 Å². The number of rotatable bonds is 6. The number of hydrogen-bond donors (Lipinski definition) is 3. The van der Waals surface area contributed by atoms with Crippen LogP contribution in [-0.2, 0) is 19.7 Å². The molecule has 1 aliphatic rings. The molecule has 1 amide bonds. The van der Waals surface area contributed by atoms with Gasteiger partial charge >= 0.3 is 16.2 Å². The Bertz CT molecular complexity index is 667. The second kappa shape index (κ2) is 7.40. The zero-order chi connectivity index (χ0) is 16.9. The van der Waals surface area contributed by atoms with E-state index in [9.17, 15) is 18.0 Å². The molecule has 126 valence electrons. The smallest absolute Gasteiger partial charge is 0.322 e. The molecule has 1 fully saturated rings. The first kappa shape index (κ1) is 17.2. The number of carboxylic acid groups (broad SMARTS) is 1. The Hall–Kier alpha value is -2.17. The molecule has 2 rings (SSSR count). The zero-order valence-corrected chi connectivity index (χ0v) is 13.0. The Kier molecular flexibility index (Phi) is 5.53. The first-order valence-electron chi connectivity index (χ1n) is 6.84. The van der Waals surface area contributed by atoms with E-state index >= 15 is 0 Å². The van der Waals surface area contributed by atoms with Crippen molar-refractivity contribution in [3.8, 4) is 0 Å². The highest BCUT2D eigenvalue weighted by molar-refractivity contribution is 7.90. The number of nitrogens with zero attached hydrogens (tertiary/aromatic N) is 1. The molecule has 1 aromatic carbocycles. The number of nitrogens with one attached hydrogen (secondary N) is 2. The van der Waals surface area contributed by atoms with Gasteiger partial charge in [-0.1, -0.05) is 0 Å². The third-order valence-electron chi connectivity index (χ3n) is 3.10. The van der Waals surface area contributed by atoms with Crippen molar-refractivity contribution in [1.82, 2.24) is 9.62 Å². The van der Waals surface area contributed by atoms with Crippen molar-refractivity contribution in [2.45, 2.75) is 0 Å². The topological polar surface area (TPSA) is 125 Å². The monoisotopic (exact) mass is 343 g/mol. The van der Waals surface area contributed by atoms with Gasteiger partial charge in [-0.25, -0.2) is 0 Å². The minimum atomic E-state index is -3.67. The fourth-order valence-electron chi connectivity index (χ4n) is 1.95. The normalized spacial score (nSPS) is 15.8. The lowest BCUT2D eigenvalue weighted by Crippen LogP contribution is -2.43. The fourth-order valence-corrected chi connectivity index (χ4v) is 3.14. The molecular weight excluding hydrogens is 326 g/mol. The number of aliphatic carboxylic acids is 1. The number of morpholine rings is 1. The zero-order valence-electron chi connectivity index (χ0n) is 12.2. The van der Waals surface area contributed by atoms with Crippen LogP contribution in [-0.4, -0.2) is 62.6 Å². The van der Waals surface area contributed by atoms with Gasteiger partial charge in [0.1, 0.15) is 6.54 Å². The van der Waals surface area contributed by atoms with Crippen LogP contribution >= 0.6 is 0 Å². The van der Waals surface area contributed by atoms with Crippen molar-refractivity contribution in [1.29, 1.82) is 0 Å². The van der Waals surface area contributed by atoms with Crippen LogP contribution in [0.3, 0.4) is 0 Å². The number of hydrogen-bond acceptors (Lipinski definition) is 5. The molecular formula is C13H17N3O6S. The van der Waals surface area contributed by atoms with Crippen molar-refractivity contribution >= 4 is 27.8 Å². The number of carbonyl (C=O) groups excluding carboxylic acids is 1. The van der Waals surface area contributed by atoms with Crippen LogP contribution in [0.2, 0.25) is 0 Å². The number of carbonyl (C=O) groups is 2. The second-order valence-corrected chi connectivity index (χ2v) is 6.44. The van der Waals surface area contributed by atoms with Crippen LogP contribution in [0.1, 0.15) is 10.4 Å². The summed E-state index contributed by atoms with van der Waals surface area (Å²) in [7, 11) is -3.67. The molecule has 1 aromatic rings. The third-order valence-corrected chi connectivity index (χ3v) is 4.64.